The average molecular weight is 363 g/mol. The number of sulfone groups is 1. The number of hydrogen-bond donors (Lipinski definition) is 0. The fourth-order valence-electron chi connectivity index (χ4n) is 3.11. The third-order valence-electron chi connectivity index (χ3n) is 4.50. The summed E-state index contributed by atoms with van der Waals surface area (Å²) < 4.78 is 25.3. The second-order valence-corrected chi connectivity index (χ2v) is 8.71. The normalized spacial score (nSPS) is 16.3. The second kappa shape index (κ2) is 7.08. The highest BCUT2D eigenvalue weighted by Gasteiger charge is 2.26. The third-order valence-corrected chi connectivity index (χ3v) is 6.70. The summed E-state index contributed by atoms with van der Waals surface area (Å²) in [5.74, 6) is 0.376. The van der Waals surface area contributed by atoms with Crippen molar-refractivity contribution in [3.8, 4) is 11.1 Å². The molecule has 0 spiro atoms. The first-order valence-corrected chi connectivity index (χ1v) is 10.1. The van der Waals surface area contributed by atoms with E-state index in [1.165, 1.54) is 6.07 Å². The molecule has 0 aliphatic heterocycles. The number of carbonyl (C=O) groups is 1. The minimum absolute atomic E-state index is 0.0558. The van der Waals surface area contributed by atoms with Gasteiger partial charge in [0, 0.05) is 23.4 Å². The van der Waals surface area contributed by atoms with Gasteiger partial charge < -0.3 is 0 Å². The molecule has 0 saturated heterocycles. The second-order valence-electron chi connectivity index (χ2n) is 6.27. The highest BCUT2D eigenvalue weighted by molar-refractivity contribution is 7.91. The molecule has 0 bridgehead atoms. The maximum atomic E-state index is 12.6. The van der Waals surface area contributed by atoms with Gasteiger partial charge in [-0.3, -0.25) is 4.79 Å². The SMILES string of the molecule is O=C1CCC(CS(=O)(=O)c2ccc(-c3ccccc3)c(Cl)c2)CC1. The van der Waals surface area contributed by atoms with Crippen molar-refractivity contribution < 1.29 is 13.2 Å². The Kier molecular flexibility index (Phi) is 5.07. The number of ketones is 1. The molecule has 2 aromatic rings. The molecule has 1 aliphatic rings. The van der Waals surface area contributed by atoms with Gasteiger partial charge in [0.1, 0.15) is 5.78 Å². The van der Waals surface area contributed by atoms with Crippen molar-refractivity contribution in [2.75, 3.05) is 5.75 Å². The molecule has 1 aliphatic carbocycles. The molecule has 0 atom stereocenters. The van der Waals surface area contributed by atoms with E-state index in [1.54, 1.807) is 12.1 Å². The van der Waals surface area contributed by atoms with Gasteiger partial charge in [-0.15, -0.1) is 0 Å². The zero-order chi connectivity index (χ0) is 17.2. The lowest BCUT2D eigenvalue weighted by Gasteiger charge is -2.20. The lowest BCUT2D eigenvalue weighted by Crippen LogP contribution is -2.22. The standard InChI is InChI=1S/C19H19ClO3S/c20-19-12-17(10-11-18(19)15-4-2-1-3-5-15)24(22,23)13-14-6-8-16(21)9-7-14/h1-5,10-12,14H,6-9,13H2. The van der Waals surface area contributed by atoms with Crippen molar-refractivity contribution in [1.82, 2.24) is 0 Å². The molecule has 0 unspecified atom stereocenters. The summed E-state index contributed by atoms with van der Waals surface area (Å²) in [6.45, 7) is 0. The smallest absolute Gasteiger partial charge is 0.178 e. The number of hydrogen-bond acceptors (Lipinski definition) is 3. The van der Waals surface area contributed by atoms with E-state index in [2.05, 4.69) is 0 Å². The number of halogens is 1. The van der Waals surface area contributed by atoms with Crippen molar-refractivity contribution in [2.24, 2.45) is 5.92 Å². The van der Waals surface area contributed by atoms with Gasteiger partial charge in [-0.1, -0.05) is 48.0 Å². The molecule has 5 heteroatoms. The van der Waals surface area contributed by atoms with Crippen LogP contribution in [0.2, 0.25) is 5.02 Å². The van der Waals surface area contributed by atoms with E-state index in [4.69, 9.17) is 11.6 Å². The van der Waals surface area contributed by atoms with Gasteiger partial charge in [0.05, 0.1) is 10.6 Å². The first kappa shape index (κ1) is 17.2. The fraction of sp³-hybridized carbons (Fsp3) is 0.316. The molecule has 126 valence electrons. The van der Waals surface area contributed by atoms with E-state index in [-0.39, 0.29) is 22.3 Å². The van der Waals surface area contributed by atoms with E-state index < -0.39 is 9.84 Å². The van der Waals surface area contributed by atoms with Gasteiger partial charge in [0.25, 0.3) is 0 Å². The topological polar surface area (TPSA) is 51.2 Å². The van der Waals surface area contributed by atoms with Crippen LogP contribution in [0.25, 0.3) is 11.1 Å². The molecule has 0 amide bonds. The zero-order valence-electron chi connectivity index (χ0n) is 13.2. The molecular weight excluding hydrogens is 344 g/mol. The molecular formula is C19H19ClO3S. The van der Waals surface area contributed by atoms with Crippen LogP contribution in [0.3, 0.4) is 0 Å². The Balaban J connectivity index is 1.81. The van der Waals surface area contributed by atoms with E-state index in [9.17, 15) is 13.2 Å². The minimum Gasteiger partial charge on any atom is -0.300 e. The predicted molar refractivity (Wildman–Crippen MR) is 95.9 cm³/mol. The highest BCUT2D eigenvalue weighted by Crippen LogP contribution is 2.31. The predicted octanol–water partition coefficient (Wildman–Crippen LogP) is 4.54. The molecule has 3 nitrogen and oxygen atoms in total. The van der Waals surface area contributed by atoms with Crippen molar-refractivity contribution in [2.45, 2.75) is 30.6 Å². The number of benzene rings is 2. The Morgan fingerprint density at radius 2 is 1.67 bits per heavy atom. The molecule has 0 N–H and O–H groups in total. The summed E-state index contributed by atoms with van der Waals surface area (Å²) >= 11 is 6.32. The van der Waals surface area contributed by atoms with Gasteiger partial charge in [0.2, 0.25) is 0 Å². The molecule has 2 aromatic carbocycles. The average Bonchev–Trinajstić information content (AvgIpc) is 2.57. The van der Waals surface area contributed by atoms with Crippen LogP contribution in [-0.4, -0.2) is 20.0 Å². The first-order valence-electron chi connectivity index (χ1n) is 8.05. The summed E-state index contributed by atoms with van der Waals surface area (Å²) in [6.07, 6.45) is 2.31. The van der Waals surface area contributed by atoms with Crippen molar-refractivity contribution >= 4 is 27.2 Å². The Hall–Kier alpha value is -1.65. The van der Waals surface area contributed by atoms with E-state index in [0.717, 1.165) is 11.1 Å². The summed E-state index contributed by atoms with van der Waals surface area (Å²) in [7, 11) is -3.39. The summed E-state index contributed by atoms with van der Waals surface area (Å²) in [4.78, 5) is 11.5. The van der Waals surface area contributed by atoms with Crippen LogP contribution in [0.15, 0.2) is 53.4 Å². The fourth-order valence-corrected chi connectivity index (χ4v) is 5.19. The van der Waals surface area contributed by atoms with Crippen LogP contribution < -0.4 is 0 Å². The molecule has 0 aromatic heterocycles. The van der Waals surface area contributed by atoms with Crippen LogP contribution in [0.5, 0.6) is 0 Å². The van der Waals surface area contributed by atoms with Gasteiger partial charge in [0.15, 0.2) is 9.84 Å². The lowest BCUT2D eigenvalue weighted by molar-refractivity contribution is -0.120. The van der Waals surface area contributed by atoms with E-state index >= 15 is 0 Å². The molecule has 1 saturated carbocycles. The Labute approximate surface area is 147 Å². The van der Waals surface area contributed by atoms with E-state index in [0.29, 0.717) is 30.7 Å². The van der Waals surface area contributed by atoms with Crippen LogP contribution in [-0.2, 0) is 14.6 Å². The van der Waals surface area contributed by atoms with Crippen LogP contribution in [0.4, 0.5) is 0 Å². The maximum Gasteiger partial charge on any atom is 0.178 e. The van der Waals surface area contributed by atoms with Gasteiger partial charge >= 0.3 is 0 Å². The van der Waals surface area contributed by atoms with Crippen LogP contribution in [0, 0.1) is 5.92 Å². The summed E-state index contributed by atoms with van der Waals surface area (Å²) in [5.41, 5.74) is 1.77. The van der Waals surface area contributed by atoms with Crippen molar-refractivity contribution in [3.63, 3.8) is 0 Å². The van der Waals surface area contributed by atoms with Gasteiger partial charge in [-0.05, 0) is 36.5 Å². The summed E-state index contributed by atoms with van der Waals surface area (Å²) in [6, 6.07) is 14.6. The molecule has 3 rings (SSSR count). The first-order chi connectivity index (χ1) is 11.5. The number of carbonyl (C=O) groups excluding carboxylic acids is 1. The molecule has 24 heavy (non-hydrogen) atoms. The molecule has 0 radical (unpaired) electrons. The Morgan fingerprint density at radius 3 is 2.29 bits per heavy atom. The van der Waals surface area contributed by atoms with Crippen LogP contribution >= 0.6 is 11.6 Å². The minimum atomic E-state index is -3.39. The number of Topliss-reactive ketones (excluding diaryl/α,β-unsaturated/α-hetero) is 1. The van der Waals surface area contributed by atoms with Gasteiger partial charge in [-0.25, -0.2) is 8.42 Å². The van der Waals surface area contributed by atoms with E-state index in [1.807, 2.05) is 30.3 Å². The lowest BCUT2D eigenvalue weighted by atomic mass is 9.90. The van der Waals surface area contributed by atoms with Gasteiger partial charge in [-0.2, -0.15) is 0 Å². The largest absolute Gasteiger partial charge is 0.300 e. The number of rotatable bonds is 4. The quantitative estimate of drug-likeness (QED) is 0.802. The monoisotopic (exact) mass is 362 g/mol. The Bertz CT molecular complexity index is 834. The maximum absolute atomic E-state index is 12.6. The Morgan fingerprint density at radius 1 is 1.00 bits per heavy atom. The summed E-state index contributed by atoms with van der Waals surface area (Å²) in [5, 5.41) is 0.432. The van der Waals surface area contributed by atoms with Crippen molar-refractivity contribution in [3.05, 3.63) is 53.6 Å². The zero-order valence-corrected chi connectivity index (χ0v) is 14.8. The molecule has 1 fully saturated rings. The van der Waals surface area contributed by atoms with Crippen molar-refractivity contribution in [1.29, 1.82) is 0 Å². The highest BCUT2D eigenvalue weighted by atomic mass is 35.5. The molecule has 0 heterocycles. The van der Waals surface area contributed by atoms with Crippen LogP contribution in [0.1, 0.15) is 25.7 Å². The third kappa shape index (κ3) is 3.87.